The minimum atomic E-state index is -0.604. The summed E-state index contributed by atoms with van der Waals surface area (Å²) in [7, 11) is 1.29. The van der Waals surface area contributed by atoms with E-state index in [4.69, 9.17) is 4.74 Å². The van der Waals surface area contributed by atoms with Crippen LogP contribution in [0.3, 0.4) is 0 Å². The predicted octanol–water partition coefficient (Wildman–Crippen LogP) is 3.91. The van der Waals surface area contributed by atoms with Crippen LogP contribution >= 0.6 is 0 Å². The molecule has 0 saturated carbocycles. The Kier molecular flexibility index (Phi) is 7.22. The summed E-state index contributed by atoms with van der Waals surface area (Å²) in [6, 6.07) is 9.49. The van der Waals surface area contributed by atoms with Crippen LogP contribution in [0.5, 0.6) is 5.88 Å². The SMILES string of the molecule is COC(=O)Nc1cc(-c2cc(-c3cc(N4CC[C@@H](C)C4)cnc3C)cc(OCCO)n2)ccn1. The first-order chi connectivity index (χ1) is 16.5. The molecule has 0 unspecified atom stereocenters. The van der Waals surface area contributed by atoms with Crippen molar-refractivity contribution in [2.75, 3.05) is 43.6 Å². The van der Waals surface area contributed by atoms with Gasteiger partial charge in [0.05, 0.1) is 31.3 Å². The second-order valence-electron chi connectivity index (χ2n) is 8.36. The third-order valence-corrected chi connectivity index (χ3v) is 5.79. The van der Waals surface area contributed by atoms with E-state index >= 15 is 0 Å². The molecule has 1 aliphatic heterocycles. The molecule has 4 rings (SSSR count). The number of aliphatic hydroxyl groups is 1. The maximum atomic E-state index is 11.6. The zero-order valence-corrected chi connectivity index (χ0v) is 19.6. The number of pyridine rings is 3. The van der Waals surface area contributed by atoms with Crippen LogP contribution in [-0.4, -0.2) is 59.6 Å². The topological polar surface area (TPSA) is 110 Å². The second-order valence-corrected chi connectivity index (χ2v) is 8.36. The Morgan fingerprint density at radius 3 is 2.82 bits per heavy atom. The maximum absolute atomic E-state index is 11.6. The number of aromatic nitrogens is 3. The van der Waals surface area contributed by atoms with E-state index in [1.165, 1.54) is 13.5 Å². The van der Waals surface area contributed by atoms with E-state index in [-0.39, 0.29) is 13.2 Å². The summed E-state index contributed by atoms with van der Waals surface area (Å²) in [4.78, 5) is 27.4. The van der Waals surface area contributed by atoms with Crippen LogP contribution in [0.1, 0.15) is 19.0 Å². The number of hydrogen-bond donors (Lipinski definition) is 2. The van der Waals surface area contributed by atoms with Crippen LogP contribution in [0.15, 0.2) is 42.7 Å². The normalized spacial score (nSPS) is 15.3. The molecule has 1 amide bonds. The quantitative estimate of drug-likeness (QED) is 0.543. The summed E-state index contributed by atoms with van der Waals surface area (Å²) < 4.78 is 10.3. The monoisotopic (exact) mass is 463 g/mol. The first kappa shape index (κ1) is 23.4. The van der Waals surface area contributed by atoms with Crippen LogP contribution in [0.25, 0.3) is 22.4 Å². The third kappa shape index (κ3) is 5.43. The lowest BCUT2D eigenvalue weighted by Crippen LogP contribution is -2.19. The number of nitrogens with one attached hydrogen (secondary N) is 1. The number of anilines is 2. The molecule has 1 aliphatic rings. The highest BCUT2D eigenvalue weighted by Gasteiger charge is 2.20. The van der Waals surface area contributed by atoms with Crippen molar-refractivity contribution in [3.63, 3.8) is 0 Å². The molecule has 4 heterocycles. The number of carbonyl (C=O) groups excluding carboxylic acids is 1. The van der Waals surface area contributed by atoms with Gasteiger partial charge in [0.1, 0.15) is 12.4 Å². The first-order valence-electron chi connectivity index (χ1n) is 11.3. The molecular weight excluding hydrogens is 434 g/mol. The Morgan fingerprint density at radius 1 is 1.24 bits per heavy atom. The molecule has 0 aliphatic carbocycles. The van der Waals surface area contributed by atoms with Crippen LogP contribution in [0.2, 0.25) is 0 Å². The molecule has 9 nitrogen and oxygen atoms in total. The summed E-state index contributed by atoms with van der Waals surface area (Å²) in [5, 5.41) is 11.8. The highest BCUT2D eigenvalue weighted by molar-refractivity contribution is 5.84. The predicted molar refractivity (Wildman–Crippen MR) is 130 cm³/mol. The van der Waals surface area contributed by atoms with E-state index in [0.717, 1.165) is 41.2 Å². The number of hydrogen-bond acceptors (Lipinski definition) is 8. The smallest absolute Gasteiger partial charge is 0.412 e. The number of methoxy groups -OCH3 is 1. The first-order valence-corrected chi connectivity index (χ1v) is 11.3. The zero-order valence-electron chi connectivity index (χ0n) is 19.6. The largest absolute Gasteiger partial charge is 0.475 e. The molecule has 1 fully saturated rings. The van der Waals surface area contributed by atoms with Gasteiger partial charge in [0.2, 0.25) is 5.88 Å². The van der Waals surface area contributed by atoms with Gasteiger partial charge in [0.15, 0.2) is 0 Å². The van der Waals surface area contributed by atoms with E-state index in [1.807, 2.05) is 25.3 Å². The van der Waals surface area contributed by atoms with Gasteiger partial charge in [0.25, 0.3) is 0 Å². The van der Waals surface area contributed by atoms with Gasteiger partial charge >= 0.3 is 6.09 Å². The molecule has 34 heavy (non-hydrogen) atoms. The van der Waals surface area contributed by atoms with Crippen molar-refractivity contribution < 1.29 is 19.4 Å². The molecule has 0 aromatic carbocycles. The number of aryl methyl sites for hydroxylation is 1. The molecule has 3 aromatic heterocycles. The molecule has 9 heteroatoms. The Morgan fingerprint density at radius 2 is 2.09 bits per heavy atom. The van der Waals surface area contributed by atoms with Crippen LogP contribution in [-0.2, 0) is 4.74 Å². The zero-order chi connectivity index (χ0) is 24.1. The summed E-state index contributed by atoms with van der Waals surface area (Å²) in [6.07, 6.45) is 4.08. The van der Waals surface area contributed by atoms with Crippen molar-refractivity contribution in [1.82, 2.24) is 15.0 Å². The number of amides is 1. The molecule has 2 N–H and O–H groups in total. The fourth-order valence-corrected chi connectivity index (χ4v) is 4.00. The number of nitrogens with zero attached hydrogens (tertiary/aromatic N) is 4. The van der Waals surface area contributed by atoms with Crippen molar-refractivity contribution in [1.29, 1.82) is 0 Å². The Hall–Kier alpha value is -3.72. The van der Waals surface area contributed by atoms with Gasteiger partial charge in [-0.1, -0.05) is 6.92 Å². The summed E-state index contributed by atoms with van der Waals surface area (Å²) in [5.74, 6) is 1.40. The lowest BCUT2D eigenvalue weighted by molar-refractivity contribution is 0.187. The Labute approximate surface area is 198 Å². The van der Waals surface area contributed by atoms with Gasteiger partial charge in [-0.25, -0.2) is 14.8 Å². The number of carbonyl (C=O) groups is 1. The lowest BCUT2D eigenvalue weighted by Gasteiger charge is -2.20. The molecule has 178 valence electrons. The highest BCUT2D eigenvalue weighted by atomic mass is 16.5. The second kappa shape index (κ2) is 10.5. The van der Waals surface area contributed by atoms with E-state index < -0.39 is 6.09 Å². The van der Waals surface area contributed by atoms with E-state index in [2.05, 4.69) is 42.9 Å². The average Bonchev–Trinajstić information content (AvgIpc) is 3.29. The van der Waals surface area contributed by atoms with Gasteiger partial charge in [-0.3, -0.25) is 10.3 Å². The van der Waals surface area contributed by atoms with E-state index in [1.54, 1.807) is 18.3 Å². The standard InChI is InChI=1S/C25H29N5O4/c1-16-5-7-30(15-16)20-13-21(17(2)27-14-20)19-10-22(28-24(12-19)34-9-8-31)18-4-6-26-23(11-18)29-25(32)33-3/h4,6,10-14,16,31H,5,7-9,15H2,1-3H3,(H,26,29,32)/t16-/m1/s1. The van der Waals surface area contributed by atoms with Crippen molar-refractivity contribution in [2.24, 2.45) is 5.92 Å². The minimum absolute atomic E-state index is 0.118. The molecule has 0 radical (unpaired) electrons. The summed E-state index contributed by atoms with van der Waals surface area (Å²) in [5.41, 5.74) is 5.25. The number of rotatable bonds is 7. The van der Waals surface area contributed by atoms with Gasteiger partial charge in [-0.05, 0) is 49.1 Å². The van der Waals surface area contributed by atoms with Crippen LogP contribution in [0.4, 0.5) is 16.3 Å². The van der Waals surface area contributed by atoms with Crippen molar-refractivity contribution >= 4 is 17.6 Å². The molecule has 0 bridgehead atoms. The summed E-state index contributed by atoms with van der Waals surface area (Å²) in [6.45, 7) is 6.29. The Bertz CT molecular complexity index is 1170. The molecule has 1 saturated heterocycles. The number of ether oxygens (including phenoxy) is 2. The van der Waals surface area contributed by atoms with Crippen molar-refractivity contribution in [3.8, 4) is 28.3 Å². The molecule has 3 aromatic rings. The maximum Gasteiger partial charge on any atom is 0.412 e. The highest BCUT2D eigenvalue weighted by Crippen LogP contribution is 2.33. The number of aliphatic hydroxyl groups excluding tert-OH is 1. The molecule has 1 atom stereocenters. The third-order valence-electron chi connectivity index (χ3n) is 5.79. The van der Waals surface area contributed by atoms with Crippen molar-refractivity contribution in [2.45, 2.75) is 20.3 Å². The van der Waals surface area contributed by atoms with Crippen molar-refractivity contribution in [3.05, 3.63) is 48.4 Å². The van der Waals surface area contributed by atoms with Gasteiger partial charge in [0, 0.05) is 42.2 Å². The van der Waals surface area contributed by atoms with E-state index in [0.29, 0.717) is 23.3 Å². The molecular formula is C25H29N5O4. The lowest BCUT2D eigenvalue weighted by atomic mass is 10.0. The summed E-state index contributed by atoms with van der Waals surface area (Å²) >= 11 is 0. The Balaban J connectivity index is 1.75. The van der Waals surface area contributed by atoms with Crippen LogP contribution in [0, 0.1) is 12.8 Å². The average molecular weight is 464 g/mol. The van der Waals surface area contributed by atoms with Gasteiger partial charge < -0.3 is 19.5 Å². The fraction of sp³-hybridized carbons (Fsp3) is 0.360. The van der Waals surface area contributed by atoms with Gasteiger partial charge in [-0.15, -0.1) is 0 Å². The van der Waals surface area contributed by atoms with Crippen LogP contribution < -0.4 is 15.0 Å². The van der Waals surface area contributed by atoms with E-state index in [9.17, 15) is 9.90 Å². The van der Waals surface area contributed by atoms with Gasteiger partial charge in [-0.2, -0.15) is 0 Å². The molecule has 0 spiro atoms. The fourth-order valence-electron chi connectivity index (χ4n) is 4.00. The minimum Gasteiger partial charge on any atom is -0.475 e.